The van der Waals surface area contributed by atoms with Crippen molar-refractivity contribution in [3.8, 4) is 0 Å². The van der Waals surface area contributed by atoms with Gasteiger partial charge in [0.1, 0.15) is 0 Å². The van der Waals surface area contributed by atoms with Crippen LogP contribution < -0.4 is 24.8 Å². The summed E-state index contributed by atoms with van der Waals surface area (Å²) < 4.78 is 0. The summed E-state index contributed by atoms with van der Waals surface area (Å²) in [6, 6.07) is 0. The van der Waals surface area contributed by atoms with Crippen molar-refractivity contribution in [3.63, 3.8) is 0 Å². The molecule has 0 bridgehead atoms. The van der Waals surface area contributed by atoms with Crippen LogP contribution in [0.3, 0.4) is 0 Å². The fourth-order valence-corrected chi connectivity index (χ4v) is 1.70. The Labute approximate surface area is 165 Å². The van der Waals surface area contributed by atoms with E-state index in [1.54, 1.807) is 23.3 Å². The Morgan fingerprint density at radius 1 is 0.727 bits per heavy atom. The summed E-state index contributed by atoms with van der Waals surface area (Å²) >= 11 is 1.74. The van der Waals surface area contributed by atoms with Gasteiger partial charge in [-0.05, 0) is 0 Å². The van der Waals surface area contributed by atoms with Crippen molar-refractivity contribution in [3.05, 3.63) is 45.6 Å². The topological polar surface area (TPSA) is 0 Å². The van der Waals surface area contributed by atoms with Gasteiger partial charge in [-0.2, -0.15) is 22.3 Å². The smallest absolute Gasteiger partial charge is 1.00 e. The standard InChI is InChI=1S/2C8H11.C2H6Si.2ClH.Zr/c2*1-6-4-5-7(2)8(6)3;1-3-2;;;/h2*4H2,1-3H3;1-2H3;2*1H;/q2*-1;;;;+2/p-2. The van der Waals surface area contributed by atoms with E-state index in [1.165, 1.54) is 33.4 Å². The van der Waals surface area contributed by atoms with Gasteiger partial charge < -0.3 is 24.8 Å². The van der Waals surface area contributed by atoms with Crippen LogP contribution in [0, 0.1) is 12.2 Å². The van der Waals surface area contributed by atoms with Gasteiger partial charge in [0.25, 0.3) is 0 Å². The summed E-state index contributed by atoms with van der Waals surface area (Å²) in [6.45, 7) is 17.5. The number of rotatable bonds is 0. The van der Waals surface area contributed by atoms with Gasteiger partial charge in [0.05, 0.1) is 0 Å². The molecule has 4 heteroatoms. The second-order valence-electron chi connectivity index (χ2n) is 5.77. The minimum Gasteiger partial charge on any atom is -1.00 e. The van der Waals surface area contributed by atoms with Gasteiger partial charge in [-0.3, -0.25) is 12.2 Å². The number of allylic oxidation sites excluding steroid dienone is 8. The first-order chi connectivity index (χ1) is 9.16. The Hall–Kier alpha value is 0.640. The number of halogens is 2. The molecule has 0 amide bonds. The zero-order valence-electron chi connectivity index (χ0n) is 15.2. The molecule has 0 aromatic carbocycles. The van der Waals surface area contributed by atoms with Crippen molar-refractivity contribution in [2.45, 2.75) is 67.5 Å². The Morgan fingerprint density at radius 2 is 0.955 bits per heavy atom. The quantitative estimate of drug-likeness (QED) is 0.364. The second kappa shape index (κ2) is 14.0. The third kappa shape index (κ3) is 11.2. The van der Waals surface area contributed by atoms with E-state index in [4.69, 9.17) is 0 Å². The van der Waals surface area contributed by atoms with Crippen molar-refractivity contribution in [2.75, 3.05) is 0 Å². The van der Waals surface area contributed by atoms with Gasteiger partial charge in [0.2, 0.25) is 0 Å². The summed E-state index contributed by atoms with van der Waals surface area (Å²) in [5, 5.41) is 0. The average molecular weight is 435 g/mol. The summed E-state index contributed by atoms with van der Waals surface area (Å²) in [7, 11) is 0. The summed E-state index contributed by atoms with van der Waals surface area (Å²) in [6.07, 6.45) is 8.63. The van der Waals surface area contributed by atoms with E-state index in [0.29, 0.717) is 0 Å². The van der Waals surface area contributed by atoms with Gasteiger partial charge in [-0.25, -0.2) is 11.1 Å². The van der Waals surface area contributed by atoms with Gasteiger partial charge in [-0.1, -0.05) is 27.7 Å². The van der Waals surface area contributed by atoms with Gasteiger partial charge in [-0.15, -0.1) is 26.7 Å². The molecule has 2 rings (SSSR count). The predicted octanol–water partition coefficient (Wildman–Crippen LogP) is -0.256. The molecule has 0 aromatic rings. The van der Waals surface area contributed by atoms with E-state index in [0.717, 1.165) is 12.8 Å². The van der Waals surface area contributed by atoms with Gasteiger partial charge in [0, 0.05) is 0 Å². The first-order valence-corrected chi connectivity index (χ1v) is 13.4. The van der Waals surface area contributed by atoms with Gasteiger partial charge >= 0.3 is 41.9 Å². The minimum atomic E-state index is 0. The van der Waals surface area contributed by atoms with Crippen LogP contribution in [0.25, 0.3) is 0 Å². The molecule has 0 aromatic heterocycles. The van der Waals surface area contributed by atoms with E-state index in [2.05, 4.69) is 66.8 Å². The molecule has 0 aliphatic heterocycles. The third-order valence-corrected chi connectivity index (χ3v) is 3.64. The Morgan fingerprint density at radius 3 is 1.00 bits per heavy atom. The minimum absolute atomic E-state index is 0. The third-order valence-electron chi connectivity index (χ3n) is 3.64. The molecule has 0 fully saturated rings. The predicted molar refractivity (Wildman–Crippen MR) is 88.3 cm³/mol. The molecule has 0 radical (unpaired) electrons. The number of hydrogen-bond acceptors (Lipinski definition) is 0. The molecule has 0 atom stereocenters. The van der Waals surface area contributed by atoms with Crippen LogP contribution >= 0.6 is 0 Å². The molecule has 0 saturated heterocycles. The Bertz CT molecular complexity index is 442. The molecular weight excluding hydrogens is 406 g/mol. The second-order valence-corrected chi connectivity index (χ2v) is 15.1. The monoisotopic (exact) mass is 432 g/mol. The summed E-state index contributed by atoms with van der Waals surface area (Å²) in [4.78, 5) is 0. The van der Waals surface area contributed by atoms with Crippen molar-refractivity contribution in [1.82, 2.24) is 0 Å². The Balaban J connectivity index is -0.000000249. The fourth-order valence-electron chi connectivity index (χ4n) is 1.70. The number of hydrogen-bond donors (Lipinski definition) is 0. The van der Waals surface area contributed by atoms with Crippen molar-refractivity contribution < 1.29 is 48.1 Å². The SMILES string of the molecule is CC1=[C-]CC(C)=C1C.CC1=[C-]CC(C)=C1C.C[Si](C)=[Zr+2].[Cl-].[Cl-]. The van der Waals surface area contributed by atoms with E-state index < -0.39 is 0 Å². The molecular formula is C18H28Cl2SiZr-2. The summed E-state index contributed by atoms with van der Waals surface area (Å²) in [5.74, 6) is 0. The van der Waals surface area contributed by atoms with Crippen LogP contribution in [-0.4, -0.2) is 5.43 Å². The van der Waals surface area contributed by atoms with Crippen LogP contribution in [0.4, 0.5) is 0 Å². The maximum atomic E-state index is 3.26. The Kier molecular flexibility index (Phi) is 17.5. The molecule has 124 valence electrons. The fraction of sp³-hybridized carbons (Fsp3) is 0.556. The zero-order valence-corrected chi connectivity index (χ0v) is 20.1. The van der Waals surface area contributed by atoms with Gasteiger partial charge in [0.15, 0.2) is 0 Å². The van der Waals surface area contributed by atoms with Crippen LogP contribution in [0.5, 0.6) is 0 Å². The maximum Gasteiger partial charge on any atom is -1.00 e. The molecule has 2 aliphatic rings. The van der Waals surface area contributed by atoms with E-state index in [9.17, 15) is 0 Å². The zero-order chi connectivity index (χ0) is 15.9. The maximum absolute atomic E-state index is 3.26. The first-order valence-electron chi connectivity index (χ1n) is 7.16. The summed E-state index contributed by atoms with van der Waals surface area (Å²) in [5.41, 5.74) is 8.70. The van der Waals surface area contributed by atoms with Crippen molar-refractivity contribution in [2.24, 2.45) is 0 Å². The van der Waals surface area contributed by atoms with Crippen LogP contribution in [0.1, 0.15) is 54.4 Å². The van der Waals surface area contributed by atoms with Crippen molar-refractivity contribution >= 4 is 5.43 Å². The molecule has 0 nitrogen and oxygen atoms in total. The molecule has 22 heavy (non-hydrogen) atoms. The van der Waals surface area contributed by atoms with Crippen molar-refractivity contribution in [1.29, 1.82) is 0 Å². The first kappa shape index (κ1) is 27.5. The van der Waals surface area contributed by atoms with E-state index in [-0.39, 0.29) is 30.2 Å². The van der Waals surface area contributed by atoms with Crippen LogP contribution in [0.2, 0.25) is 13.1 Å². The van der Waals surface area contributed by atoms with Crippen LogP contribution in [-0.2, 0) is 23.3 Å². The molecule has 0 unspecified atom stereocenters. The van der Waals surface area contributed by atoms with E-state index in [1.807, 2.05) is 0 Å². The molecule has 0 saturated carbocycles. The largest absolute Gasteiger partial charge is 1.00 e. The average Bonchev–Trinajstić information content (AvgIpc) is 2.80. The molecule has 0 N–H and O–H groups in total. The normalized spacial score (nSPS) is 15.5. The molecule has 0 spiro atoms. The molecule has 0 heterocycles. The molecule has 2 aliphatic carbocycles. The van der Waals surface area contributed by atoms with E-state index >= 15 is 0 Å². The van der Waals surface area contributed by atoms with Crippen LogP contribution in [0.15, 0.2) is 33.4 Å².